The number of carbonyl (C=O) groups excluding carboxylic acids is 1. The van der Waals surface area contributed by atoms with E-state index in [1.807, 2.05) is 0 Å². The van der Waals surface area contributed by atoms with E-state index in [1.165, 1.54) is 0 Å². The van der Waals surface area contributed by atoms with E-state index in [-0.39, 0.29) is 12.4 Å². The second-order valence-corrected chi connectivity index (χ2v) is 0.771. The zero-order valence-electron chi connectivity index (χ0n) is 3.33. The molecule has 0 radical (unpaired) electrons. The van der Waals surface area contributed by atoms with Gasteiger partial charge in [0.25, 0.3) is 0 Å². The van der Waals surface area contributed by atoms with Crippen molar-refractivity contribution in [2.45, 2.75) is 6.18 Å². The van der Waals surface area contributed by atoms with Gasteiger partial charge in [-0.3, -0.25) is 4.79 Å². The van der Waals surface area contributed by atoms with Gasteiger partial charge in [0, 0.05) is 0 Å². The van der Waals surface area contributed by atoms with Gasteiger partial charge in [-0.05, 0) is 0 Å². The van der Waals surface area contributed by atoms with Gasteiger partial charge in [-0.2, -0.15) is 17.6 Å². The molecule has 0 aliphatic carbocycles. The van der Waals surface area contributed by atoms with E-state index in [2.05, 4.69) is 0 Å². The van der Waals surface area contributed by atoms with Crippen LogP contribution in [0.4, 0.5) is 17.6 Å². The summed E-state index contributed by atoms with van der Waals surface area (Å²) in [7, 11) is 0. The SMILES string of the molecule is Cl.O=C(F)C(F)(F)F. The Hall–Kier alpha value is -0.320. The van der Waals surface area contributed by atoms with Crippen molar-refractivity contribution in [1.29, 1.82) is 0 Å². The Bertz CT molecular complexity index is 86.5. The van der Waals surface area contributed by atoms with Crippen LogP contribution in [0.2, 0.25) is 0 Å². The van der Waals surface area contributed by atoms with E-state index in [1.54, 1.807) is 0 Å². The fourth-order valence-corrected chi connectivity index (χ4v) is 0. The largest absolute Gasteiger partial charge is 0.483 e. The van der Waals surface area contributed by atoms with Gasteiger partial charge in [0.1, 0.15) is 0 Å². The molecule has 0 aliphatic heterocycles. The van der Waals surface area contributed by atoms with Gasteiger partial charge in [-0.25, -0.2) is 0 Å². The van der Waals surface area contributed by atoms with Gasteiger partial charge in [0.2, 0.25) is 0 Å². The minimum absolute atomic E-state index is 0. The molecule has 0 heterocycles. The number of rotatable bonds is 0. The summed E-state index contributed by atoms with van der Waals surface area (Å²) in [6, 6.07) is -3.26. The van der Waals surface area contributed by atoms with Gasteiger partial charge in [-0.1, -0.05) is 0 Å². The lowest BCUT2D eigenvalue weighted by molar-refractivity contribution is -0.183. The van der Waals surface area contributed by atoms with Crippen LogP contribution >= 0.6 is 12.4 Å². The smallest absolute Gasteiger partial charge is 0.250 e. The molecule has 0 atom stereocenters. The van der Waals surface area contributed by atoms with Crippen molar-refractivity contribution in [2.75, 3.05) is 0 Å². The highest BCUT2D eigenvalue weighted by Gasteiger charge is 2.38. The van der Waals surface area contributed by atoms with E-state index in [0.29, 0.717) is 0 Å². The summed E-state index contributed by atoms with van der Waals surface area (Å²) in [5.74, 6) is 0. The lowest BCUT2D eigenvalue weighted by atomic mass is 10.7. The number of hydrogen-bond acceptors (Lipinski definition) is 1. The lowest BCUT2D eigenvalue weighted by Crippen LogP contribution is -2.16. The van der Waals surface area contributed by atoms with Crippen LogP contribution in [0.25, 0.3) is 0 Å². The molecule has 0 aromatic carbocycles. The van der Waals surface area contributed by atoms with Crippen molar-refractivity contribution in [1.82, 2.24) is 0 Å². The lowest BCUT2D eigenvalue weighted by Gasteiger charge is -1.91. The molecule has 0 spiro atoms. The molecule has 0 unspecified atom stereocenters. The van der Waals surface area contributed by atoms with Crippen molar-refractivity contribution < 1.29 is 22.4 Å². The second kappa shape index (κ2) is 2.86. The molecule has 6 heteroatoms. The molecule has 0 fully saturated rings. The van der Waals surface area contributed by atoms with Crippen molar-refractivity contribution in [2.24, 2.45) is 0 Å². The molecule has 0 bridgehead atoms. The van der Waals surface area contributed by atoms with Crippen LogP contribution in [0.3, 0.4) is 0 Å². The van der Waals surface area contributed by atoms with Crippen LogP contribution in [0, 0.1) is 0 Å². The average molecular weight is 152 g/mol. The molecule has 0 N–H and O–H groups in total. The standard InChI is InChI=1S/C2F4O.ClH/c3-1(7)2(4,5)6;/h;1H. The Morgan fingerprint density at radius 2 is 1.38 bits per heavy atom. The van der Waals surface area contributed by atoms with Gasteiger partial charge in [-0.15, -0.1) is 12.4 Å². The van der Waals surface area contributed by atoms with E-state index in [4.69, 9.17) is 4.79 Å². The van der Waals surface area contributed by atoms with Crippen LogP contribution in [0.15, 0.2) is 0 Å². The first-order valence-electron chi connectivity index (χ1n) is 1.21. The molecule has 0 aliphatic rings. The van der Waals surface area contributed by atoms with Crippen molar-refractivity contribution in [3.05, 3.63) is 0 Å². The first kappa shape index (κ1) is 10.6. The maximum atomic E-state index is 10.5. The van der Waals surface area contributed by atoms with Gasteiger partial charge >= 0.3 is 12.2 Å². The van der Waals surface area contributed by atoms with Crippen molar-refractivity contribution in [3.8, 4) is 0 Å². The second-order valence-electron chi connectivity index (χ2n) is 0.771. The molecule has 0 saturated carbocycles. The number of carbonyl (C=O) groups is 1. The molecule has 1 nitrogen and oxygen atoms in total. The van der Waals surface area contributed by atoms with Gasteiger partial charge in [0.15, 0.2) is 0 Å². The van der Waals surface area contributed by atoms with E-state index < -0.39 is 12.2 Å². The van der Waals surface area contributed by atoms with Gasteiger partial charge < -0.3 is 0 Å². The summed E-state index contributed by atoms with van der Waals surface area (Å²) in [6.07, 6.45) is -5.31. The van der Waals surface area contributed by atoms with E-state index in [9.17, 15) is 17.6 Å². The molecule has 50 valence electrons. The maximum Gasteiger partial charge on any atom is 0.483 e. The summed E-state index contributed by atoms with van der Waals surface area (Å²) in [4.78, 5) is 8.67. The minimum atomic E-state index is -5.31. The van der Waals surface area contributed by atoms with E-state index >= 15 is 0 Å². The fourth-order valence-electron chi connectivity index (χ4n) is 0. The summed E-state index contributed by atoms with van der Waals surface area (Å²) >= 11 is 0. The zero-order chi connectivity index (χ0) is 6.08. The topological polar surface area (TPSA) is 17.1 Å². The maximum absolute atomic E-state index is 10.5. The number of hydrogen-bond donors (Lipinski definition) is 0. The highest BCUT2D eigenvalue weighted by molar-refractivity contribution is 5.85. The summed E-state index contributed by atoms with van der Waals surface area (Å²) in [5.41, 5.74) is 0. The predicted octanol–water partition coefficient (Wildman–Crippen LogP) is 1.47. The Morgan fingerprint density at radius 3 is 1.38 bits per heavy atom. The first-order chi connectivity index (χ1) is 2.94. The summed E-state index contributed by atoms with van der Waals surface area (Å²) in [6.45, 7) is 0. The van der Waals surface area contributed by atoms with Crippen LogP contribution in [-0.2, 0) is 4.79 Å². The third-order valence-electron chi connectivity index (χ3n) is 0.223. The molecule has 0 aromatic rings. The molecule has 0 rings (SSSR count). The summed E-state index contributed by atoms with van der Waals surface area (Å²) in [5, 5.41) is 0. The normalized spacial score (nSPS) is 10.0. The molecule has 8 heavy (non-hydrogen) atoms. The molecular weight excluding hydrogens is 151 g/mol. The number of alkyl halides is 3. The number of halogens is 5. The van der Waals surface area contributed by atoms with Crippen LogP contribution in [-0.4, -0.2) is 12.2 Å². The third kappa shape index (κ3) is 3.86. The van der Waals surface area contributed by atoms with Crippen molar-refractivity contribution in [3.63, 3.8) is 0 Å². The summed E-state index contributed by atoms with van der Waals surface area (Å²) < 4.78 is 41.8. The zero-order valence-corrected chi connectivity index (χ0v) is 4.14. The van der Waals surface area contributed by atoms with Crippen LogP contribution < -0.4 is 0 Å². The molecule has 0 saturated heterocycles. The minimum Gasteiger partial charge on any atom is -0.250 e. The molecule has 0 aromatic heterocycles. The quantitative estimate of drug-likeness (QED) is 0.379. The Balaban J connectivity index is 0. The van der Waals surface area contributed by atoms with Crippen LogP contribution in [0.1, 0.15) is 0 Å². The van der Waals surface area contributed by atoms with Crippen LogP contribution in [0.5, 0.6) is 0 Å². The predicted molar refractivity (Wildman–Crippen MR) is 19.4 cm³/mol. The average Bonchev–Trinajstić information content (AvgIpc) is 1.31. The fraction of sp³-hybridized carbons (Fsp3) is 0.500. The highest BCUT2D eigenvalue weighted by Crippen LogP contribution is 2.15. The Labute approximate surface area is 48.1 Å². The first-order valence-corrected chi connectivity index (χ1v) is 1.21. The Morgan fingerprint density at radius 1 is 1.25 bits per heavy atom. The highest BCUT2D eigenvalue weighted by atomic mass is 35.5. The Kier molecular flexibility index (Phi) is 3.80. The van der Waals surface area contributed by atoms with Crippen molar-refractivity contribution >= 4 is 18.4 Å². The molecular formula is C2HClF4O. The van der Waals surface area contributed by atoms with Gasteiger partial charge in [0.05, 0.1) is 0 Å². The van der Waals surface area contributed by atoms with E-state index in [0.717, 1.165) is 0 Å². The third-order valence-corrected chi connectivity index (χ3v) is 0.223. The monoisotopic (exact) mass is 152 g/mol. The molecule has 0 amide bonds.